The molecule has 0 saturated carbocycles. The first kappa shape index (κ1) is 27.1. The summed E-state index contributed by atoms with van der Waals surface area (Å²) in [4.78, 5) is 35.4. The zero-order chi connectivity index (χ0) is 25.7. The minimum Gasteiger partial charge on any atom is -0.486 e. The number of rotatable bonds is 10. The molecule has 0 aromatic heterocycles. The topological polar surface area (TPSA) is 92.7 Å². The van der Waals surface area contributed by atoms with Crippen LogP contribution in [0.3, 0.4) is 0 Å². The summed E-state index contributed by atoms with van der Waals surface area (Å²) < 4.78 is 5.83. The van der Waals surface area contributed by atoms with E-state index in [0.717, 1.165) is 35.1 Å². The van der Waals surface area contributed by atoms with Crippen LogP contribution in [0.1, 0.15) is 80.1 Å². The van der Waals surface area contributed by atoms with Gasteiger partial charge < -0.3 is 15.2 Å². The van der Waals surface area contributed by atoms with Crippen molar-refractivity contribution in [1.29, 1.82) is 0 Å². The molecule has 0 fully saturated rings. The van der Waals surface area contributed by atoms with Gasteiger partial charge in [-0.1, -0.05) is 58.9 Å². The van der Waals surface area contributed by atoms with Crippen molar-refractivity contribution < 1.29 is 24.2 Å². The molecule has 0 spiro atoms. The third-order valence-corrected chi connectivity index (χ3v) is 6.55. The van der Waals surface area contributed by atoms with Crippen molar-refractivity contribution in [3.8, 4) is 5.75 Å². The number of carboxylic acid groups (broad SMARTS) is 1. The summed E-state index contributed by atoms with van der Waals surface area (Å²) in [6.45, 7) is 13.4. The highest BCUT2D eigenvalue weighted by molar-refractivity contribution is 5.97. The summed E-state index contributed by atoms with van der Waals surface area (Å²) in [5, 5.41) is 11.2. The smallest absolute Gasteiger partial charge is 0.322 e. The van der Waals surface area contributed by atoms with Gasteiger partial charge in [-0.3, -0.25) is 14.4 Å². The van der Waals surface area contributed by atoms with E-state index in [9.17, 15) is 14.4 Å². The average molecular weight is 468 g/mol. The van der Waals surface area contributed by atoms with Gasteiger partial charge in [0.1, 0.15) is 18.9 Å². The Bertz CT molecular complexity index is 1060. The van der Waals surface area contributed by atoms with Crippen LogP contribution in [0.5, 0.6) is 5.75 Å². The summed E-state index contributed by atoms with van der Waals surface area (Å²) >= 11 is 0. The van der Waals surface area contributed by atoms with Gasteiger partial charge in [-0.05, 0) is 61.1 Å². The van der Waals surface area contributed by atoms with Gasteiger partial charge in [0.05, 0.1) is 0 Å². The van der Waals surface area contributed by atoms with E-state index in [0.29, 0.717) is 11.3 Å². The standard InChI is InChI=1S/C28H37NO5/c1-8-28(9-2,20-10-12-22(18(3)14-20)26(33)29-16-25(31)32)21-11-13-23(19(4)15-21)34-17-24(30)27(5,6)7/h10-15H,8-9,16-17H2,1-7H3,(H,29,33)(H,31,32). The van der Waals surface area contributed by atoms with Crippen LogP contribution in [0.25, 0.3) is 0 Å². The van der Waals surface area contributed by atoms with Crippen LogP contribution in [0, 0.1) is 19.3 Å². The van der Waals surface area contributed by atoms with Gasteiger partial charge in [-0.2, -0.15) is 0 Å². The number of carboxylic acids is 1. The van der Waals surface area contributed by atoms with E-state index in [1.54, 1.807) is 6.07 Å². The van der Waals surface area contributed by atoms with Crippen LogP contribution >= 0.6 is 0 Å². The van der Waals surface area contributed by atoms with E-state index < -0.39 is 23.8 Å². The molecule has 184 valence electrons. The Hall–Kier alpha value is -3.15. The second-order valence-corrected chi connectivity index (χ2v) is 9.84. The average Bonchev–Trinajstić information content (AvgIpc) is 2.77. The quantitative estimate of drug-likeness (QED) is 0.500. The van der Waals surface area contributed by atoms with Crippen molar-refractivity contribution in [3.63, 3.8) is 0 Å². The molecule has 0 aliphatic rings. The molecule has 2 rings (SSSR count). The van der Waals surface area contributed by atoms with Crippen LogP contribution in [0.15, 0.2) is 36.4 Å². The lowest BCUT2D eigenvalue weighted by Crippen LogP contribution is -2.30. The highest BCUT2D eigenvalue weighted by Crippen LogP contribution is 2.41. The minimum atomic E-state index is -1.08. The number of benzene rings is 2. The zero-order valence-corrected chi connectivity index (χ0v) is 21.4. The summed E-state index contributed by atoms with van der Waals surface area (Å²) in [5.74, 6) is -0.726. The number of amides is 1. The van der Waals surface area contributed by atoms with Gasteiger partial charge >= 0.3 is 5.97 Å². The third kappa shape index (κ3) is 6.04. The Balaban J connectivity index is 2.36. The van der Waals surface area contributed by atoms with Crippen molar-refractivity contribution >= 4 is 17.7 Å². The predicted octanol–water partition coefficient (Wildman–Crippen LogP) is 5.22. The fraction of sp³-hybridized carbons (Fsp3) is 0.464. The maximum atomic E-state index is 12.4. The zero-order valence-electron chi connectivity index (χ0n) is 21.4. The van der Waals surface area contributed by atoms with E-state index in [2.05, 4.69) is 31.3 Å². The first-order valence-corrected chi connectivity index (χ1v) is 11.7. The lowest BCUT2D eigenvalue weighted by atomic mass is 9.70. The summed E-state index contributed by atoms with van der Waals surface area (Å²) in [6, 6.07) is 11.8. The highest BCUT2D eigenvalue weighted by Gasteiger charge is 2.32. The maximum Gasteiger partial charge on any atom is 0.322 e. The second-order valence-electron chi connectivity index (χ2n) is 9.84. The Morgan fingerprint density at radius 3 is 1.94 bits per heavy atom. The van der Waals surface area contributed by atoms with E-state index in [1.165, 1.54) is 0 Å². The number of carbonyl (C=O) groups excluding carboxylic acids is 2. The summed E-state index contributed by atoms with van der Waals surface area (Å²) in [5.41, 5.74) is 3.77. The number of ether oxygens (including phenoxy) is 1. The highest BCUT2D eigenvalue weighted by atomic mass is 16.5. The number of ketones is 1. The van der Waals surface area contributed by atoms with Gasteiger partial charge in [0, 0.05) is 16.4 Å². The van der Waals surface area contributed by atoms with Crippen LogP contribution < -0.4 is 10.1 Å². The number of Topliss-reactive ketones (excluding diaryl/α,β-unsaturated/α-hetero) is 1. The van der Waals surface area contributed by atoms with E-state index >= 15 is 0 Å². The van der Waals surface area contributed by atoms with Crippen LogP contribution in [-0.4, -0.2) is 35.9 Å². The number of nitrogens with one attached hydrogen (secondary N) is 1. The van der Waals surface area contributed by atoms with E-state index in [4.69, 9.17) is 9.84 Å². The molecular weight excluding hydrogens is 430 g/mol. The van der Waals surface area contributed by atoms with Gasteiger partial charge in [0.15, 0.2) is 5.78 Å². The minimum absolute atomic E-state index is 0.0426. The Labute approximate surface area is 202 Å². The second kappa shape index (κ2) is 10.9. The monoisotopic (exact) mass is 467 g/mol. The number of aliphatic carboxylic acids is 1. The molecule has 2 N–H and O–H groups in total. The van der Waals surface area contributed by atoms with Gasteiger partial charge in [-0.25, -0.2) is 0 Å². The molecule has 0 unspecified atom stereocenters. The Morgan fingerprint density at radius 2 is 1.47 bits per heavy atom. The molecular formula is C28H37NO5. The maximum absolute atomic E-state index is 12.4. The molecule has 0 heterocycles. The molecule has 6 nitrogen and oxygen atoms in total. The number of hydrogen-bond acceptors (Lipinski definition) is 4. The molecule has 1 amide bonds. The van der Waals surface area contributed by atoms with Crippen molar-refractivity contribution in [2.45, 2.75) is 66.7 Å². The molecule has 6 heteroatoms. The lowest BCUT2D eigenvalue weighted by molar-refractivity contribution is -0.135. The Morgan fingerprint density at radius 1 is 0.912 bits per heavy atom. The number of carbonyl (C=O) groups is 3. The molecule has 0 atom stereocenters. The molecule has 0 radical (unpaired) electrons. The van der Waals surface area contributed by atoms with Gasteiger partial charge in [-0.15, -0.1) is 0 Å². The first-order chi connectivity index (χ1) is 15.9. The molecule has 0 bridgehead atoms. The number of aryl methyl sites for hydroxylation is 2. The van der Waals surface area contributed by atoms with Gasteiger partial charge in [0.25, 0.3) is 5.91 Å². The number of hydrogen-bond donors (Lipinski definition) is 2. The SMILES string of the molecule is CCC(CC)(c1ccc(OCC(=O)C(C)(C)C)c(C)c1)c1ccc(C(=O)NCC(=O)O)c(C)c1. The fourth-order valence-electron chi connectivity index (χ4n) is 4.17. The molecule has 0 saturated heterocycles. The van der Waals surface area contributed by atoms with Crippen molar-refractivity contribution in [2.24, 2.45) is 5.41 Å². The molecule has 34 heavy (non-hydrogen) atoms. The predicted molar refractivity (Wildman–Crippen MR) is 134 cm³/mol. The van der Waals surface area contributed by atoms with Crippen molar-refractivity contribution in [1.82, 2.24) is 5.32 Å². The first-order valence-electron chi connectivity index (χ1n) is 11.7. The fourth-order valence-corrected chi connectivity index (χ4v) is 4.17. The Kier molecular flexibility index (Phi) is 8.65. The lowest BCUT2D eigenvalue weighted by Gasteiger charge is -2.34. The van der Waals surface area contributed by atoms with Crippen molar-refractivity contribution in [3.05, 3.63) is 64.2 Å². The summed E-state index contributed by atoms with van der Waals surface area (Å²) in [6.07, 6.45) is 1.71. The van der Waals surface area contributed by atoms with Crippen LogP contribution in [0.2, 0.25) is 0 Å². The van der Waals surface area contributed by atoms with Crippen LogP contribution in [0.4, 0.5) is 0 Å². The normalized spacial score (nSPS) is 11.7. The molecule has 0 aliphatic carbocycles. The van der Waals surface area contributed by atoms with E-state index in [-0.39, 0.29) is 17.8 Å². The molecule has 0 aliphatic heterocycles. The van der Waals surface area contributed by atoms with Crippen LogP contribution in [-0.2, 0) is 15.0 Å². The van der Waals surface area contributed by atoms with Crippen molar-refractivity contribution in [2.75, 3.05) is 13.2 Å². The molecule has 2 aromatic rings. The van der Waals surface area contributed by atoms with Gasteiger partial charge in [0.2, 0.25) is 0 Å². The third-order valence-electron chi connectivity index (χ3n) is 6.55. The summed E-state index contributed by atoms with van der Waals surface area (Å²) in [7, 11) is 0. The molecule has 2 aromatic carbocycles. The van der Waals surface area contributed by atoms with E-state index in [1.807, 2.05) is 52.8 Å². The largest absolute Gasteiger partial charge is 0.486 e.